The van der Waals surface area contributed by atoms with Crippen LogP contribution in [0.2, 0.25) is 0 Å². The highest BCUT2D eigenvalue weighted by molar-refractivity contribution is 5.75. The number of carbonyl (C=O) groups is 2. The van der Waals surface area contributed by atoms with E-state index in [-0.39, 0.29) is 24.7 Å². The molecule has 8 nitrogen and oxygen atoms in total. The first-order chi connectivity index (χ1) is 6.61. The lowest BCUT2D eigenvalue weighted by Gasteiger charge is -2.17. The molecule has 0 atom stereocenters. The number of hydrogen-bond acceptors (Lipinski definition) is 6. The highest BCUT2D eigenvalue weighted by Crippen LogP contribution is 2.00. The summed E-state index contributed by atoms with van der Waals surface area (Å²) in [7, 11) is 0. The zero-order valence-corrected chi connectivity index (χ0v) is 7.82. The van der Waals surface area contributed by atoms with Crippen molar-refractivity contribution < 1.29 is 9.59 Å². The fraction of sp³-hybridized carbons (Fsp3) is 0.667. The number of hydrogen-bond donors (Lipinski definition) is 5. The van der Waals surface area contributed by atoms with Gasteiger partial charge in [-0.05, 0) is 12.8 Å². The second kappa shape index (κ2) is 7.21. The SMILES string of the molecule is NNN(NN)C(=O)CCCCC(N)=O. The predicted molar refractivity (Wildman–Crippen MR) is 49.2 cm³/mol. The maximum absolute atomic E-state index is 11.2. The minimum absolute atomic E-state index is 0.238. The van der Waals surface area contributed by atoms with Gasteiger partial charge in [0.15, 0.2) is 0 Å². The molecule has 82 valence electrons. The Balaban J connectivity index is 3.57. The van der Waals surface area contributed by atoms with Gasteiger partial charge in [-0.1, -0.05) is 0 Å². The molecule has 0 saturated carbocycles. The van der Waals surface area contributed by atoms with Crippen LogP contribution >= 0.6 is 0 Å². The van der Waals surface area contributed by atoms with Gasteiger partial charge in [0.1, 0.15) is 0 Å². The van der Waals surface area contributed by atoms with E-state index in [1.165, 1.54) is 0 Å². The highest BCUT2D eigenvalue weighted by atomic mass is 16.2. The van der Waals surface area contributed by atoms with Gasteiger partial charge in [0.2, 0.25) is 5.91 Å². The van der Waals surface area contributed by atoms with Crippen molar-refractivity contribution >= 4 is 11.8 Å². The second-order valence-electron chi connectivity index (χ2n) is 2.66. The van der Waals surface area contributed by atoms with E-state index in [2.05, 4.69) is 11.1 Å². The fourth-order valence-electron chi connectivity index (χ4n) is 0.869. The predicted octanol–water partition coefficient (Wildman–Crippen LogP) is -2.38. The van der Waals surface area contributed by atoms with E-state index in [4.69, 9.17) is 17.4 Å². The Morgan fingerprint density at radius 1 is 1.07 bits per heavy atom. The molecule has 0 aromatic heterocycles. The van der Waals surface area contributed by atoms with Gasteiger partial charge in [-0.15, -0.1) is 0 Å². The molecule has 0 bridgehead atoms. The number of nitrogens with two attached hydrogens (primary N) is 3. The number of nitrogens with one attached hydrogen (secondary N) is 2. The fourth-order valence-corrected chi connectivity index (χ4v) is 0.869. The quantitative estimate of drug-likeness (QED) is 0.178. The molecule has 8 N–H and O–H groups in total. The van der Waals surface area contributed by atoms with Crippen LogP contribution in [-0.4, -0.2) is 16.9 Å². The molecule has 8 heteroatoms. The van der Waals surface area contributed by atoms with Gasteiger partial charge in [0, 0.05) is 12.8 Å². The Hall–Kier alpha value is -1.22. The Bertz CT molecular complexity index is 193. The summed E-state index contributed by atoms with van der Waals surface area (Å²) in [5.41, 5.74) is 9.04. The summed E-state index contributed by atoms with van der Waals surface area (Å²) in [6, 6.07) is 0. The molecule has 0 aliphatic heterocycles. The number of primary amides is 1. The number of rotatable bonds is 7. The molecular formula is C6H16N6O2. The number of carbonyl (C=O) groups excluding carboxylic acids is 2. The number of unbranched alkanes of at least 4 members (excludes halogenated alkanes) is 1. The second-order valence-corrected chi connectivity index (χ2v) is 2.66. The summed E-state index contributed by atoms with van der Waals surface area (Å²) >= 11 is 0. The molecule has 0 aromatic rings. The van der Waals surface area contributed by atoms with Crippen LogP contribution in [0, 0.1) is 0 Å². The Kier molecular flexibility index (Phi) is 6.58. The standard InChI is InChI=1S/C6H16N6O2/c7-5(13)3-1-2-4-6(14)12(10-8)11-9/h10-11H,1-4,8-9H2,(H2,7,13). The molecule has 0 unspecified atom stereocenters. The van der Waals surface area contributed by atoms with E-state index in [0.29, 0.717) is 12.8 Å². The molecule has 0 spiro atoms. The lowest BCUT2D eigenvalue weighted by Crippen LogP contribution is -2.57. The monoisotopic (exact) mass is 204 g/mol. The molecule has 0 aromatic carbocycles. The van der Waals surface area contributed by atoms with E-state index in [1.54, 1.807) is 0 Å². The molecule has 0 heterocycles. The summed E-state index contributed by atoms with van der Waals surface area (Å²) in [5, 5.41) is 0.851. The zero-order chi connectivity index (χ0) is 11.0. The van der Waals surface area contributed by atoms with E-state index in [9.17, 15) is 9.59 Å². The van der Waals surface area contributed by atoms with Crippen LogP contribution in [0.15, 0.2) is 0 Å². The van der Waals surface area contributed by atoms with Crippen LogP contribution in [0.4, 0.5) is 0 Å². The van der Waals surface area contributed by atoms with Gasteiger partial charge in [-0.2, -0.15) is 16.2 Å². The van der Waals surface area contributed by atoms with Gasteiger partial charge in [0.05, 0.1) is 0 Å². The first kappa shape index (κ1) is 12.8. The number of amides is 2. The molecule has 14 heavy (non-hydrogen) atoms. The van der Waals surface area contributed by atoms with E-state index < -0.39 is 0 Å². The lowest BCUT2D eigenvalue weighted by atomic mass is 10.2. The molecule has 0 rings (SSSR count). The van der Waals surface area contributed by atoms with E-state index in [1.807, 2.05) is 0 Å². The first-order valence-corrected chi connectivity index (χ1v) is 4.15. The van der Waals surface area contributed by atoms with Crippen LogP contribution in [0.1, 0.15) is 25.7 Å². The average molecular weight is 204 g/mol. The molecule has 0 radical (unpaired) electrons. The molecular weight excluding hydrogens is 188 g/mol. The molecule has 0 aliphatic rings. The van der Waals surface area contributed by atoms with Gasteiger partial charge < -0.3 is 5.73 Å². The van der Waals surface area contributed by atoms with Crippen LogP contribution in [0.25, 0.3) is 0 Å². The molecule has 0 fully saturated rings. The third-order valence-electron chi connectivity index (χ3n) is 1.57. The highest BCUT2D eigenvalue weighted by Gasteiger charge is 2.09. The minimum atomic E-state index is -0.372. The summed E-state index contributed by atoms with van der Waals surface area (Å²) in [4.78, 5) is 21.5. The number of nitrogens with zero attached hydrogens (tertiary/aromatic N) is 1. The van der Waals surface area contributed by atoms with Crippen molar-refractivity contribution in [3.05, 3.63) is 0 Å². The normalized spacial score (nSPS) is 9.86. The smallest absolute Gasteiger partial charge is 0.253 e. The average Bonchev–Trinajstić information content (AvgIpc) is 2.14. The van der Waals surface area contributed by atoms with Crippen LogP contribution in [0.3, 0.4) is 0 Å². The van der Waals surface area contributed by atoms with Crippen molar-refractivity contribution in [1.82, 2.24) is 16.2 Å². The van der Waals surface area contributed by atoms with Crippen molar-refractivity contribution in [3.63, 3.8) is 0 Å². The van der Waals surface area contributed by atoms with Crippen LogP contribution in [0.5, 0.6) is 0 Å². The molecule has 0 saturated heterocycles. The van der Waals surface area contributed by atoms with Crippen molar-refractivity contribution in [1.29, 1.82) is 0 Å². The maximum atomic E-state index is 11.2. The zero-order valence-electron chi connectivity index (χ0n) is 7.82. The van der Waals surface area contributed by atoms with Crippen molar-refractivity contribution in [2.24, 2.45) is 17.4 Å². The lowest BCUT2D eigenvalue weighted by molar-refractivity contribution is -0.139. The summed E-state index contributed by atoms with van der Waals surface area (Å²) < 4.78 is 0. The third kappa shape index (κ3) is 5.43. The van der Waals surface area contributed by atoms with Gasteiger partial charge >= 0.3 is 0 Å². The Morgan fingerprint density at radius 2 is 1.57 bits per heavy atom. The van der Waals surface area contributed by atoms with Crippen LogP contribution < -0.4 is 28.5 Å². The molecule has 2 amide bonds. The summed E-state index contributed by atoms with van der Waals surface area (Å²) in [6.07, 6.45) is 1.65. The third-order valence-corrected chi connectivity index (χ3v) is 1.57. The first-order valence-electron chi connectivity index (χ1n) is 4.15. The van der Waals surface area contributed by atoms with Crippen molar-refractivity contribution in [2.75, 3.05) is 0 Å². The van der Waals surface area contributed by atoms with E-state index >= 15 is 0 Å². The van der Waals surface area contributed by atoms with Gasteiger partial charge in [-0.25, -0.2) is 0 Å². The van der Waals surface area contributed by atoms with Gasteiger partial charge in [0.25, 0.3) is 5.91 Å². The van der Waals surface area contributed by atoms with Crippen molar-refractivity contribution in [2.45, 2.75) is 25.7 Å². The molecule has 0 aliphatic carbocycles. The maximum Gasteiger partial charge on any atom is 0.253 e. The summed E-state index contributed by atoms with van der Waals surface area (Å²) in [5.74, 6) is 9.27. The summed E-state index contributed by atoms with van der Waals surface area (Å²) in [6.45, 7) is 0. The van der Waals surface area contributed by atoms with E-state index in [0.717, 1.165) is 5.12 Å². The minimum Gasteiger partial charge on any atom is -0.370 e. The largest absolute Gasteiger partial charge is 0.370 e. The number of hydrazine groups is 4. The Morgan fingerprint density at radius 3 is 2.00 bits per heavy atom. The topological polar surface area (TPSA) is 140 Å². The van der Waals surface area contributed by atoms with Crippen LogP contribution in [-0.2, 0) is 9.59 Å². The van der Waals surface area contributed by atoms with Gasteiger partial charge in [-0.3, -0.25) is 21.3 Å². The Labute approximate surface area is 81.6 Å². The van der Waals surface area contributed by atoms with Crippen molar-refractivity contribution in [3.8, 4) is 0 Å².